The number of likely N-dealkylation sites (tertiary alicyclic amines) is 1. The zero-order valence-corrected chi connectivity index (χ0v) is 17.9. The Balaban J connectivity index is 1.32. The molecule has 0 aliphatic carbocycles. The third-order valence-corrected chi connectivity index (χ3v) is 5.23. The summed E-state index contributed by atoms with van der Waals surface area (Å²) < 4.78 is 48.3. The van der Waals surface area contributed by atoms with Crippen LogP contribution < -0.4 is 9.47 Å². The maximum absolute atomic E-state index is 13.3. The molecule has 0 radical (unpaired) electrons. The van der Waals surface area contributed by atoms with Gasteiger partial charge in [-0.2, -0.15) is 4.98 Å². The predicted octanol–water partition coefficient (Wildman–Crippen LogP) is 4.21. The summed E-state index contributed by atoms with van der Waals surface area (Å²) in [5, 5.41) is 3.98. The molecular formula is C23H25F2N3O4. The lowest BCUT2D eigenvalue weighted by atomic mass is 10.2. The van der Waals surface area contributed by atoms with E-state index in [0.29, 0.717) is 35.1 Å². The van der Waals surface area contributed by atoms with Crippen molar-refractivity contribution in [3.8, 4) is 22.9 Å². The zero-order chi connectivity index (χ0) is 22.3. The van der Waals surface area contributed by atoms with Crippen LogP contribution in [0, 0.1) is 11.6 Å². The van der Waals surface area contributed by atoms with E-state index in [1.807, 2.05) is 12.1 Å². The normalized spacial score (nSPS) is 14.1. The van der Waals surface area contributed by atoms with Gasteiger partial charge < -0.3 is 18.7 Å². The first kappa shape index (κ1) is 22.2. The van der Waals surface area contributed by atoms with Gasteiger partial charge in [-0.1, -0.05) is 11.2 Å². The van der Waals surface area contributed by atoms with Gasteiger partial charge in [0.15, 0.2) is 23.1 Å². The van der Waals surface area contributed by atoms with Crippen LogP contribution in [0.15, 0.2) is 40.9 Å². The molecule has 0 N–H and O–H groups in total. The Morgan fingerprint density at radius 2 is 1.84 bits per heavy atom. The number of hydrogen-bond donors (Lipinski definition) is 0. The van der Waals surface area contributed by atoms with Crippen LogP contribution in [0.3, 0.4) is 0 Å². The monoisotopic (exact) mass is 445 g/mol. The van der Waals surface area contributed by atoms with Crippen molar-refractivity contribution in [2.45, 2.75) is 26.1 Å². The average Bonchev–Trinajstić information content (AvgIpc) is 3.49. The lowest BCUT2D eigenvalue weighted by Gasteiger charge is -2.16. The number of benzene rings is 2. The minimum Gasteiger partial charge on any atom is -0.493 e. The Hall–Kier alpha value is -3.04. The fourth-order valence-electron chi connectivity index (χ4n) is 3.53. The van der Waals surface area contributed by atoms with Gasteiger partial charge in [-0.3, -0.25) is 4.90 Å². The van der Waals surface area contributed by atoms with Crippen LogP contribution in [-0.2, 0) is 18.0 Å². The van der Waals surface area contributed by atoms with Crippen LogP contribution in [0.25, 0.3) is 11.4 Å². The van der Waals surface area contributed by atoms with E-state index in [9.17, 15) is 8.78 Å². The molecule has 7 nitrogen and oxygen atoms in total. The molecule has 3 aromatic rings. The molecule has 32 heavy (non-hydrogen) atoms. The molecule has 170 valence electrons. The molecule has 2 aromatic carbocycles. The van der Waals surface area contributed by atoms with Gasteiger partial charge in [0.25, 0.3) is 5.89 Å². The molecule has 0 amide bonds. The minimum atomic E-state index is -0.913. The van der Waals surface area contributed by atoms with Crippen LogP contribution in [0.5, 0.6) is 11.5 Å². The predicted molar refractivity (Wildman–Crippen MR) is 112 cm³/mol. The lowest BCUT2D eigenvalue weighted by molar-refractivity contribution is 0.0848. The van der Waals surface area contributed by atoms with Crippen molar-refractivity contribution >= 4 is 0 Å². The highest BCUT2D eigenvalue weighted by Crippen LogP contribution is 2.31. The summed E-state index contributed by atoms with van der Waals surface area (Å²) in [7, 11) is 1.58. The molecule has 9 heteroatoms. The molecule has 1 aromatic heterocycles. The fraction of sp³-hybridized carbons (Fsp3) is 0.391. The molecule has 0 bridgehead atoms. The van der Waals surface area contributed by atoms with Crippen molar-refractivity contribution < 1.29 is 27.5 Å². The Kier molecular flexibility index (Phi) is 7.28. The van der Waals surface area contributed by atoms with Gasteiger partial charge in [0, 0.05) is 12.1 Å². The smallest absolute Gasteiger partial charge is 0.252 e. The van der Waals surface area contributed by atoms with E-state index in [4.69, 9.17) is 18.7 Å². The molecule has 4 rings (SSSR count). The van der Waals surface area contributed by atoms with Crippen molar-refractivity contribution in [1.29, 1.82) is 0 Å². The highest BCUT2D eigenvalue weighted by Gasteiger charge is 2.15. The van der Waals surface area contributed by atoms with Crippen LogP contribution in [-0.4, -0.2) is 48.4 Å². The molecule has 1 saturated heterocycles. The van der Waals surface area contributed by atoms with E-state index in [1.165, 1.54) is 18.9 Å². The Labute approximate surface area is 184 Å². The number of methoxy groups -OCH3 is 1. The van der Waals surface area contributed by atoms with E-state index < -0.39 is 11.6 Å². The van der Waals surface area contributed by atoms with Gasteiger partial charge in [0.2, 0.25) is 5.82 Å². The van der Waals surface area contributed by atoms with Crippen molar-refractivity contribution in [3.63, 3.8) is 0 Å². The van der Waals surface area contributed by atoms with E-state index in [1.54, 1.807) is 13.2 Å². The van der Waals surface area contributed by atoms with E-state index in [2.05, 4.69) is 15.0 Å². The molecule has 1 aliphatic heterocycles. The SMILES string of the molecule is COc1cc(-c2noc(COCc3ccc(F)c(F)c3)n2)ccc1OCCN1CCCC1. The lowest BCUT2D eigenvalue weighted by Crippen LogP contribution is -2.25. The van der Waals surface area contributed by atoms with Crippen LogP contribution in [0.1, 0.15) is 24.3 Å². The highest BCUT2D eigenvalue weighted by atomic mass is 19.2. The topological polar surface area (TPSA) is 69.9 Å². The van der Waals surface area contributed by atoms with E-state index in [-0.39, 0.29) is 19.1 Å². The average molecular weight is 445 g/mol. The Morgan fingerprint density at radius 1 is 1.00 bits per heavy atom. The Bertz CT molecular complexity index is 1040. The first-order valence-electron chi connectivity index (χ1n) is 10.5. The summed E-state index contributed by atoms with van der Waals surface area (Å²) in [6.45, 7) is 3.88. The standard InChI is InChI=1S/C23H25F2N3O4/c1-29-21-13-17(5-7-20(21)31-11-10-28-8-2-3-9-28)23-26-22(32-27-23)15-30-14-16-4-6-18(24)19(25)12-16/h4-7,12-13H,2-3,8-11,14-15H2,1H3. The second-order valence-corrected chi connectivity index (χ2v) is 7.52. The van der Waals surface area contributed by atoms with Crippen LogP contribution in [0.4, 0.5) is 8.78 Å². The second-order valence-electron chi connectivity index (χ2n) is 7.52. The van der Waals surface area contributed by atoms with Crippen molar-refractivity contribution in [1.82, 2.24) is 15.0 Å². The molecule has 0 atom stereocenters. The third kappa shape index (κ3) is 5.60. The molecule has 2 heterocycles. The summed E-state index contributed by atoms with van der Waals surface area (Å²) in [6, 6.07) is 9.07. The summed E-state index contributed by atoms with van der Waals surface area (Å²) in [4.78, 5) is 6.71. The first-order valence-corrected chi connectivity index (χ1v) is 10.5. The molecule has 0 unspecified atom stereocenters. The van der Waals surface area contributed by atoms with Crippen LogP contribution >= 0.6 is 0 Å². The van der Waals surface area contributed by atoms with Crippen molar-refractivity contribution in [3.05, 3.63) is 59.5 Å². The largest absolute Gasteiger partial charge is 0.493 e. The van der Waals surface area contributed by atoms with Gasteiger partial charge in [0.05, 0.1) is 13.7 Å². The summed E-state index contributed by atoms with van der Waals surface area (Å²) in [6.07, 6.45) is 2.50. The van der Waals surface area contributed by atoms with Gasteiger partial charge in [-0.15, -0.1) is 0 Å². The maximum atomic E-state index is 13.3. The van der Waals surface area contributed by atoms with Gasteiger partial charge in [-0.05, 0) is 61.8 Å². The van der Waals surface area contributed by atoms with Gasteiger partial charge >= 0.3 is 0 Å². The number of ether oxygens (including phenoxy) is 3. The number of nitrogens with zero attached hydrogens (tertiary/aromatic N) is 3. The molecule has 0 spiro atoms. The molecule has 1 fully saturated rings. The van der Waals surface area contributed by atoms with Crippen molar-refractivity contribution in [2.75, 3.05) is 33.4 Å². The van der Waals surface area contributed by atoms with Gasteiger partial charge in [-0.25, -0.2) is 8.78 Å². The fourth-order valence-corrected chi connectivity index (χ4v) is 3.53. The van der Waals surface area contributed by atoms with E-state index >= 15 is 0 Å². The Morgan fingerprint density at radius 3 is 2.62 bits per heavy atom. The number of rotatable bonds is 10. The number of aromatic nitrogens is 2. The third-order valence-electron chi connectivity index (χ3n) is 5.23. The summed E-state index contributed by atoms with van der Waals surface area (Å²) in [5.74, 6) is 0.0991. The maximum Gasteiger partial charge on any atom is 0.252 e. The molecular weight excluding hydrogens is 420 g/mol. The number of halogens is 2. The van der Waals surface area contributed by atoms with E-state index in [0.717, 1.165) is 31.8 Å². The molecule has 1 aliphatic rings. The second kappa shape index (κ2) is 10.5. The molecule has 0 saturated carbocycles. The summed E-state index contributed by atoms with van der Waals surface area (Å²) in [5.41, 5.74) is 1.22. The van der Waals surface area contributed by atoms with Crippen molar-refractivity contribution in [2.24, 2.45) is 0 Å². The first-order chi connectivity index (χ1) is 15.6. The minimum absolute atomic E-state index is 0.0425. The summed E-state index contributed by atoms with van der Waals surface area (Å²) >= 11 is 0. The van der Waals surface area contributed by atoms with Gasteiger partial charge in [0.1, 0.15) is 13.2 Å². The zero-order valence-electron chi connectivity index (χ0n) is 17.9. The number of hydrogen-bond acceptors (Lipinski definition) is 7. The highest BCUT2D eigenvalue weighted by molar-refractivity contribution is 5.60. The van der Waals surface area contributed by atoms with Crippen LogP contribution in [0.2, 0.25) is 0 Å². The quantitative estimate of drug-likeness (QED) is 0.463.